The topological polar surface area (TPSA) is 155 Å². The Morgan fingerprint density at radius 3 is 2.00 bits per heavy atom. The molecule has 0 N–H and O–H groups in total. The molecule has 14 heteroatoms. The normalized spacial score (nSPS) is 31.9. The van der Waals surface area contributed by atoms with Crippen molar-refractivity contribution in [1.29, 1.82) is 0 Å². The van der Waals surface area contributed by atoms with Crippen LogP contribution in [-0.4, -0.2) is 141 Å². The maximum Gasteiger partial charge on any atom is 0.331 e. The SMILES string of the molecule is COC1CC2=CC(=O)O[C@H](C2)[C@H](C)[C@H](OC)C[C@H](OC)/C=C/[C@@H](C)[C@@H](OC)C[C@H](OC)/C=C/[C@H](C)[C@@H]([C@@H](C)[C@@H](OC)[C@@H](C)CCC(=O)[C@H](C)[C@@H](C/C=C/N(C)C=O)OC)OC(=O)/C=C/C=C(\C)C1. The highest BCUT2D eigenvalue weighted by atomic mass is 16.6. The quantitative estimate of drug-likeness (QED) is 0.0691. The van der Waals surface area contributed by atoms with Crippen LogP contribution in [0.2, 0.25) is 0 Å². The summed E-state index contributed by atoms with van der Waals surface area (Å²) >= 11 is 0. The summed E-state index contributed by atoms with van der Waals surface area (Å²) in [6.45, 7) is 14.1. The summed E-state index contributed by atoms with van der Waals surface area (Å²) < 4.78 is 53.8. The number of hydrogen-bond donors (Lipinski definition) is 0. The van der Waals surface area contributed by atoms with Gasteiger partial charge in [0.25, 0.3) is 0 Å². The van der Waals surface area contributed by atoms with Gasteiger partial charge >= 0.3 is 11.9 Å². The Hall–Kier alpha value is -3.76. The Morgan fingerprint density at radius 2 is 1.43 bits per heavy atom. The average Bonchev–Trinajstić information content (AvgIpc) is 3.32. The Kier molecular flexibility index (Phi) is 28.6. The van der Waals surface area contributed by atoms with E-state index in [1.165, 1.54) is 11.0 Å². The molecule has 2 aliphatic rings. The molecule has 0 aromatic heterocycles. The van der Waals surface area contributed by atoms with E-state index in [0.717, 1.165) is 11.1 Å². The van der Waals surface area contributed by atoms with Crippen molar-refractivity contribution in [2.45, 2.75) is 155 Å². The van der Waals surface area contributed by atoms with E-state index in [9.17, 15) is 19.2 Å². The maximum absolute atomic E-state index is 13.7. The van der Waals surface area contributed by atoms with Crippen LogP contribution < -0.4 is 0 Å². The van der Waals surface area contributed by atoms with Crippen LogP contribution in [0.3, 0.4) is 0 Å². The van der Waals surface area contributed by atoms with Gasteiger partial charge in [0.1, 0.15) is 18.0 Å². The molecule has 2 heterocycles. The molecule has 68 heavy (non-hydrogen) atoms. The van der Waals surface area contributed by atoms with Gasteiger partial charge in [0, 0.05) is 130 Å². The molecule has 0 aromatic rings. The fourth-order valence-corrected chi connectivity index (χ4v) is 9.37. The van der Waals surface area contributed by atoms with Crippen molar-refractivity contribution in [2.75, 3.05) is 56.8 Å². The third-order valence-electron chi connectivity index (χ3n) is 13.9. The first kappa shape index (κ1) is 60.4. The second-order valence-corrected chi connectivity index (χ2v) is 18.9. The standard InChI is InChI=1S/C54H87NO13/c1-35-18-16-20-51(58)68-54(41(7)53(66-15)37(3)23-26-46(57)39(5)47(63-12)19-17-27-55(8)34-56)38(4)22-25-43(60-9)32-48(64-13)36(2)21-24-44(61-10)33-49(65-14)40(6)50-30-42(31-52(59)67-50)29-45(28-35)62-11/h16-18,20-22,24-25,27,31,34,36-41,43-45,47-50,53-54H,19,23,26,28-30,32-33H2,1-15H3/b20-16+,24-21+,25-22+,27-17+,35-18+/t36-,37+,38+,39+,40-,41+,43-,44-,45?,47-,48+,49-,50-,53+,54+/m1/s1. The summed E-state index contributed by atoms with van der Waals surface area (Å²) in [7, 11) is 13.3. The number of rotatable bonds is 19. The number of esters is 2. The predicted octanol–water partition coefficient (Wildman–Crippen LogP) is 8.59. The fraction of sp³-hybridized carbons (Fsp3) is 0.704. The fourth-order valence-electron chi connectivity index (χ4n) is 9.37. The number of allylic oxidation sites excluding steroid dienone is 2. The lowest BCUT2D eigenvalue weighted by Gasteiger charge is -2.35. The smallest absolute Gasteiger partial charge is 0.331 e. The molecule has 386 valence electrons. The summed E-state index contributed by atoms with van der Waals surface area (Å²) in [4.78, 5) is 52.5. The van der Waals surface area contributed by atoms with Gasteiger partial charge in [0.2, 0.25) is 6.41 Å². The Morgan fingerprint density at radius 1 is 0.794 bits per heavy atom. The van der Waals surface area contributed by atoms with Gasteiger partial charge in [0.15, 0.2) is 0 Å². The van der Waals surface area contributed by atoms with Crippen LogP contribution in [0.4, 0.5) is 0 Å². The number of amides is 1. The van der Waals surface area contributed by atoms with Gasteiger partial charge < -0.3 is 47.5 Å². The lowest BCUT2D eigenvalue weighted by Crippen LogP contribution is -2.41. The number of nitrogens with zero attached hydrogens (tertiary/aromatic N) is 1. The summed E-state index contributed by atoms with van der Waals surface area (Å²) in [5.41, 5.74) is 1.93. The van der Waals surface area contributed by atoms with E-state index in [4.69, 9.17) is 42.6 Å². The average molecular weight is 958 g/mol. The van der Waals surface area contributed by atoms with Gasteiger partial charge in [-0.05, 0) is 38.5 Å². The third kappa shape index (κ3) is 20.3. The molecule has 2 aliphatic heterocycles. The monoisotopic (exact) mass is 958 g/mol. The number of methoxy groups -OCH3 is 7. The second-order valence-electron chi connectivity index (χ2n) is 18.9. The van der Waals surface area contributed by atoms with Crippen LogP contribution in [0.5, 0.6) is 0 Å². The Bertz CT molecular complexity index is 1700. The van der Waals surface area contributed by atoms with Crippen molar-refractivity contribution in [3.05, 3.63) is 72.0 Å². The lowest BCUT2D eigenvalue weighted by atomic mass is 9.81. The summed E-state index contributed by atoms with van der Waals surface area (Å²) in [6, 6.07) is 0. The van der Waals surface area contributed by atoms with Crippen LogP contribution in [0, 0.1) is 35.5 Å². The van der Waals surface area contributed by atoms with E-state index >= 15 is 0 Å². The minimum Gasteiger partial charge on any atom is -0.458 e. The molecular formula is C54H87NO13. The van der Waals surface area contributed by atoms with Gasteiger partial charge in [0.05, 0.1) is 42.7 Å². The van der Waals surface area contributed by atoms with Gasteiger partial charge in [-0.15, -0.1) is 0 Å². The van der Waals surface area contributed by atoms with Crippen molar-refractivity contribution in [1.82, 2.24) is 4.90 Å². The molecule has 2 bridgehead atoms. The van der Waals surface area contributed by atoms with Crippen LogP contribution in [0.15, 0.2) is 72.0 Å². The number of carbonyl (C=O) groups excluding carboxylic acids is 4. The summed E-state index contributed by atoms with van der Waals surface area (Å²) in [5.74, 6) is -1.91. The van der Waals surface area contributed by atoms with Gasteiger partial charge in [-0.25, -0.2) is 9.59 Å². The molecule has 1 amide bonds. The van der Waals surface area contributed by atoms with Crippen LogP contribution in [0.1, 0.15) is 99.8 Å². The first-order valence-corrected chi connectivity index (χ1v) is 24.3. The number of ketones is 1. The number of ether oxygens (including phenoxy) is 9. The number of cyclic esters (lactones) is 1. The highest BCUT2D eigenvalue weighted by molar-refractivity contribution is 5.84. The molecule has 15 atom stereocenters. The predicted molar refractivity (Wildman–Crippen MR) is 264 cm³/mol. The Balaban J connectivity index is 2.49. The van der Waals surface area contributed by atoms with Crippen molar-refractivity contribution in [2.24, 2.45) is 35.5 Å². The first-order chi connectivity index (χ1) is 32.4. The molecule has 0 fully saturated rings. The molecule has 0 saturated heterocycles. The summed E-state index contributed by atoms with van der Waals surface area (Å²) in [6.07, 6.45) is 20.1. The van der Waals surface area contributed by atoms with E-state index in [-0.39, 0.29) is 96.1 Å². The van der Waals surface area contributed by atoms with E-state index in [1.54, 1.807) is 75.2 Å². The van der Waals surface area contributed by atoms with Crippen LogP contribution >= 0.6 is 0 Å². The van der Waals surface area contributed by atoms with Crippen LogP contribution in [-0.2, 0) is 61.8 Å². The van der Waals surface area contributed by atoms with Gasteiger partial charge in [-0.3, -0.25) is 9.59 Å². The molecule has 0 aliphatic carbocycles. The second kappa shape index (κ2) is 32.2. The molecule has 14 nitrogen and oxygen atoms in total. The molecule has 2 rings (SSSR count). The summed E-state index contributed by atoms with van der Waals surface area (Å²) in [5, 5.41) is 0. The highest BCUT2D eigenvalue weighted by Gasteiger charge is 2.37. The van der Waals surface area contributed by atoms with Crippen molar-refractivity contribution >= 4 is 24.1 Å². The van der Waals surface area contributed by atoms with Gasteiger partial charge in [-0.2, -0.15) is 0 Å². The van der Waals surface area contributed by atoms with Crippen molar-refractivity contribution < 1.29 is 61.8 Å². The zero-order valence-electron chi connectivity index (χ0n) is 43.9. The van der Waals surface area contributed by atoms with Crippen LogP contribution in [0.25, 0.3) is 0 Å². The number of fused-ring (bicyclic) bond motifs is 2. The van der Waals surface area contributed by atoms with E-state index in [2.05, 4.69) is 19.9 Å². The number of Topliss-reactive ketones (excluding diaryl/α,β-unsaturated/α-hetero) is 1. The van der Waals surface area contributed by atoms with Gasteiger partial charge in [-0.1, -0.05) is 95.2 Å². The maximum atomic E-state index is 13.7. The minimum absolute atomic E-state index is 0.0107. The molecule has 0 saturated carbocycles. The van der Waals surface area contributed by atoms with E-state index < -0.39 is 12.1 Å². The largest absolute Gasteiger partial charge is 0.458 e. The highest BCUT2D eigenvalue weighted by Crippen LogP contribution is 2.33. The Labute approximate surface area is 408 Å². The third-order valence-corrected chi connectivity index (χ3v) is 13.9. The molecule has 0 radical (unpaired) electrons. The zero-order chi connectivity index (χ0) is 50.9. The molecular weight excluding hydrogens is 871 g/mol. The lowest BCUT2D eigenvalue weighted by molar-refractivity contribution is -0.152. The molecule has 0 aromatic carbocycles. The van der Waals surface area contributed by atoms with E-state index in [1.807, 2.05) is 65.0 Å². The molecule has 1 unspecified atom stereocenters. The van der Waals surface area contributed by atoms with Crippen molar-refractivity contribution in [3.8, 4) is 0 Å². The first-order valence-electron chi connectivity index (χ1n) is 24.3. The number of hydrogen-bond acceptors (Lipinski definition) is 13. The zero-order valence-corrected chi connectivity index (χ0v) is 43.9. The molecule has 0 spiro atoms. The van der Waals surface area contributed by atoms with Crippen molar-refractivity contribution in [3.63, 3.8) is 0 Å². The minimum atomic E-state index is -0.609. The van der Waals surface area contributed by atoms with E-state index in [0.29, 0.717) is 57.8 Å². The number of carbonyl (C=O) groups is 4.